The third-order valence-corrected chi connectivity index (χ3v) is 3.84. The molecule has 0 unspecified atom stereocenters. The SMILES string of the molecule is COC(CN=C1CSc2cc([N+](=O)[O-])ccc2N1)OC. The van der Waals surface area contributed by atoms with Crippen molar-refractivity contribution in [3.05, 3.63) is 28.3 Å². The van der Waals surface area contributed by atoms with Gasteiger partial charge in [0.25, 0.3) is 5.69 Å². The van der Waals surface area contributed by atoms with Crippen molar-refractivity contribution in [1.82, 2.24) is 0 Å². The van der Waals surface area contributed by atoms with E-state index in [1.807, 2.05) is 0 Å². The lowest BCUT2D eigenvalue weighted by Gasteiger charge is -2.19. The van der Waals surface area contributed by atoms with E-state index < -0.39 is 4.92 Å². The number of hydrogen-bond donors (Lipinski definition) is 1. The fraction of sp³-hybridized carbons (Fsp3) is 0.417. The molecular formula is C12H15N3O4S. The van der Waals surface area contributed by atoms with Crippen LogP contribution in [0.2, 0.25) is 0 Å². The van der Waals surface area contributed by atoms with Crippen molar-refractivity contribution in [2.24, 2.45) is 4.99 Å². The van der Waals surface area contributed by atoms with E-state index in [-0.39, 0.29) is 12.0 Å². The average Bonchev–Trinajstić information content (AvgIpc) is 2.47. The van der Waals surface area contributed by atoms with Crippen LogP contribution in [0, 0.1) is 10.1 Å². The van der Waals surface area contributed by atoms with Crippen molar-refractivity contribution in [3.8, 4) is 0 Å². The number of nitro groups is 1. The van der Waals surface area contributed by atoms with Crippen LogP contribution in [-0.2, 0) is 9.47 Å². The largest absolute Gasteiger partial charge is 0.354 e. The second-order valence-corrected chi connectivity index (χ2v) is 5.06. The Morgan fingerprint density at radius 2 is 2.25 bits per heavy atom. The number of benzene rings is 1. The zero-order valence-corrected chi connectivity index (χ0v) is 12.0. The maximum Gasteiger partial charge on any atom is 0.270 e. The van der Waals surface area contributed by atoms with Crippen molar-refractivity contribution in [2.75, 3.05) is 31.8 Å². The Hall–Kier alpha value is -1.64. The van der Waals surface area contributed by atoms with Crippen LogP contribution in [0.15, 0.2) is 28.1 Å². The number of amidine groups is 1. The Bertz CT molecular complexity index is 531. The highest BCUT2D eigenvalue weighted by Gasteiger charge is 2.18. The van der Waals surface area contributed by atoms with E-state index in [4.69, 9.17) is 9.47 Å². The van der Waals surface area contributed by atoms with Gasteiger partial charge in [0.1, 0.15) is 5.84 Å². The smallest absolute Gasteiger partial charge is 0.270 e. The normalized spacial score (nSPS) is 16.1. The first-order valence-electron chi connectivity index (χ1n) is 5.91. The molecule has 108 valence electrons. The van der Waals surface area contributed by atoms with E-state index >= 15 is 0 Å². The average molecular weight is 297 g/mol. The Morgan fingerprint density at radius 1 is 1.50 bits per heavy atom. The molecule has 0 atom stereocenters. The van der Waals surface area contributed by atoms with Gasteiger partial charge in [-0.3, -0.25) is 15.1 Å². The topological polar surface area (TPSA) is 86.0 Å². The fourth-order valence-corrected chi connectivity index (χ4v) is 2.63. The summed E-state index contributed by atoms with van der Waals surface area (Å²) in [5.74, 6) is 1.43. The molecule has 7 nitrogen and oxygen atoms in total. The molecule has 0 fully saturated rings. The van der Waals surface area contributed by atoms with Gasteiger partial charge in [0, 0.05) is 31.2 Å². The molecule has 1 aromatic rings. The number of fused-ring (bicyclic) bond motifs is 1. The van der Waals surface area contributed by atoms with Gasteiger partial charge < -0.3 is 14.8 Å². The number of rotatable bonds is 5. The summed E-state index contributed by atoms with van der Waals surface area (Å²) in [7, 11) is 3.12. The summed E-state index contributed by atoms with van der Waals surface area (Å²) in [6, 6.07) is 4.73. The lowest BCUT2D eigenvalue weighted by molar-refractivity contribution is -0.385. The third-order valence-electron chi connectivity index (χ3n) is 2.78. The number of aliphatic imine (C=N–C) groups is 1. The van der Waals surface area contributed by atoms with E-state index in [2.05, 4.69) is 10.3 Å². The van der Waals surface area contributed by atoms with Gasteiger partial charge in [-0.05, 0) is 6.07 Å². The fourth-order valence-electron chi connectivity index (χ4n) is 1.70. The van der Waals surface area contributed by atoms with Gasteiger partial charge in [-0.1, -0.05) is 0 Å². The maximum atomic E-state index is 10.7. The molecule has 2 rings (SSSR count). The van der Waals surface area contributed by atoms with Crippen molar-refractivity contribution >= 4 is 29.0 Å². The van der Waals surface area contributed by atoms with E-state index in [0.29, 0.717) is 12.3 Å². The monoisotopic (exact) mass is 297 g/mol. The Balaban J connectivity index is 2.07. The van der Waals surface area contributed by atoms with Gasteiger partial charge in [-0.2, -0.15) is 0 Å². The number of ether oxygens (including phenoxy) is 2. The first-order valence-corrected chi connectivity index (χ1v) is 6.89. The summed E-state index contributed by atoms with van der Waals surface area (Å²) in [5.41, 5.74) is 0.925. The lowest BCUT2D eigenvalue weighted by Crippen LogP contribution is -2.23. The summed E-state index contributed by atoms with van der Waals surface area (Å²) >= 11 is 1.52. The molecule has 0 saturated heterocycles. The Kier molecular flexibility index (Phi) is 4.94. The van der Waals surface area contributed by atoms with Gasteiger partial charge in [0.05, 0.1) is 22.9 Å². The van der Waals surface area contributed by atoms with Gasteiger partial charge >= 0.3 is 0 Å². The summed E-state index contributed by atoms with van der Waals surface area (Å²) in [4.78, 5) is 15.6. The second kappa shape index (κ2) is 6.69. The first-order chi connectivity index (χ1) is 9.63. The molecule has 1 aliphatic heterocycles. The zero-order chi connectivity index (χ0) is 14.5. The van der Waals surface area contributed by atoms with Gasteiger partial charge in [-0.15, -0.1) is 11.8 Å². The quantitative estimate of drug-likeness (QED) is 0.509. The second-order valence-electron chi connectivity index (χ2n) is 4.04. The molecule has 0 amide bonds. The highest BCUT2D eigenvalue weighted by molar-refractivity contribution is 8.00. The number of non-ortho nitro benzene ring substituents is 1. The van der Waals surface area contributed by atoms with Crippen LogP contribution in [0.4, 0.5) is 11.4 Å². The maximum absolute atomic E-state index is 10.7. The van der Waals surface area contributed by atoms with Crippen molar-refractivity contribution in [1.29, 1.82) is 0 Å². The summed E-state index contributed by atoms with van der Waals surface area (Å²) < 4.78 is 10.1. The molecule has 0 bridgehead atoms. The minimum Gasteiger partial charge on any atom is -0.354 e. The molecule has 0 aromatic heterocycles. The van der Waals surface area contributed by atoms with Crippen LogP contribution in [0.1, 0.15) is 0 Å². The number of nitrogens with one attached hydrogen (secondary N) is 1. The summed E-state index contributed by atoms with van der Waals surface area (Å²) in [6.45, 7) is 0.401. The highest BCUT2D eigenvalue weighted by atomic mass is 32.2. The minimum absolute atomic E-state index is 0.0947. The number of methoxy groups -OCH3 is 2. The lowest BCUT2D eigenvalue weighted by atomic mass is 10.2. The summed E-state index contributed by atoms with van der Waals surface area (Å²) in [5, 5.41) is 13.9. The standard InChI is InChI=1S/C12H15N3O4S/c1-18-12(19-2)6-13-11-7-20-10-5-8(15(16)17)3-4-9(10)14-11/h3-5,12H,6-7H2,1-2H3,(H,13,14). The van der Waals surface area contributed by atoms with Crippen LogP contribution in [0.3, 0.4) is 0 Å². The number of anilines is 1. The highest BCUT2D eigenvalue weighted by Crippen LogP contribution is 2.34. The van der Waals surface area contributed by atoms with E-state index in [1.165, 1.54) is 17.8 Å². The predicted octanol–water partition coefficient (Wildman–Crippen LogP) is 2.13. The molecule has 0 aliphatic carbocycles. The molecule has 20 heavy (non-hydrogen) atoms. The molecule has 0 radical (unpaired) electrons. The molecular weight excluding hydrogens is 282 g/mol. The van der Waals surface area contributed by atoms with Crippen molar-refractivity contribution < 1.29 is 14.4 Å². The minimum atomic E-state index is -0.397. The number of nitrogens with zero attached hydrogens (tertiary/aromatic N) is 2. The molecule has 8 heteroatoms. The van der Waals surface area contributed by atoms with Crippen LogP contribution >= 0.6 is 11.8 Å². The van der Waals surface area contributed by atoms with Crippen LogP contribution in [0.5, 0.6) is 0 Å². The molecule has 1 aliphatic rings. The predicted molar refractivity (Wildman–Crippen MR) is 77.6 cm³/mol. The van der Waals surface area contributed by atoms with E-state index in [0.717, 1.165) is 16.4 Å². The van der Waals surface area contributed by atoms with Gasteiger partial charge in [0.2, 0.25) is 0 Å². The number of hydrogen-bond acceptors (Lipinski definition) is 6. The van der Waals surface area contributed by atoms with Crippen LogP contribution < -0.4 is 5.32 Å². The molecule has 1 N–H and O–H groups in total. The van der Waals surface area contributed by atoms with E-state index in [1.54, 1.807) is 26.4 Å². The van der Waals surface area contributed by atoms with E-state index in [9.17, 15) is 10.1 Å². The molecule has 1 aromatic carbocycles. The molecule has 1 heterocycles. The van der Waals surface area contributed by atoms with Crippen molar-refractivity contribution in [3.63, 3.8) is 0 Å². The van der Waals surface area contributed by atoms with Crippen LogP contribution in [-0.4, -0.2) is 43.6 Å². The molecule has 0 saturated carbocycles. The van der Waals surface area contributed by atoms with Crippen LogP contribution in [0.25, 0.3) is 0 Å². The van der Waals surface area contributed by atoms with Gasteiger partial charge in [0.15, 0.2) is 6.29 Å². The number of nitro benzene ring substituents is 1. The number of thioether (sulfide) groups is 1. The summed E-state index contributed by atoms with van der Waals surface area (Å²) in [6.07, 6.45) is -0.368. The van der Waals surface area contributed by atoms with Crippen molar-refractivity contribution in [2.45, 2.75) is 11.2 Å². The van der Waals surface area contributed by atoms with Gasteiger partial charge in [-0.25, -0.2) is 0 Å². The Morgan fingerprint density at radius 3 is 2.90 bits per heavy atom. The first kappa shape index (κ1) is 14.8. The zero-order valence-electron chi connectivity index (χ0n) is 11.2. The Labute approximate surface area is 120 Å². The third kappa shape index (κ3) is 3.47. The molecule has 0 spiro atoms.